The molecule has 3 aliphatic rings. The summed E-state index contributed by atoms with van der Waals surface area (Å²) in [5.41, 5.74) is 12.8. The van der Waals surface area contributed by atoms with E-state index >= 15 is 0 Å². The Morgan fingerprint density at radius 2 is 1.06 bits per heavy atom. The standard InChI is InChI=1S/C48H35N3O/c1-5-16-34(17-6-1)50(35-18-7-2-8-19-35)38-27-29-42-45(32-38)52-46-33-39(51(36-20-9-3-10-21-36)37-22-11-4-12-23-37)28-30-43(46)48(42)41-25-14-13-24-40(41)47-44(48)26-15-31-49-47/h1-11,13-22,24-33H,12,23H2. The average Bonchev–Trinajstić information content (AvgIpc) is 3.50. The van der Waals surface area contributed by atoms with Crippen LogP contribution in [0.2, 0.25) is 0 Å². The van der Waals surface area contributed by atoms with E-state index in [-0.39, 0.29) is 0 Å². The maximum atomic E-state index is 7.16. The number of pyridine rings is 1. The number of nitrogens with zero attached hydrogens (tertiary/aromatic N) is 3. The van der Waals surface area contributed by atoms with Crippen LogP contribution in [0.4, 0.5) is 28.4 Å². The summed E-state index contributed by atoms with van der Waals surface area (Å²) >= 11 is 0. The molecule has 10 rings (SSSR count). The Balaban J connectivity index is 1.22. The van der Waals surface area contributed by atoms with Crippen molar-refractivity contribution in [3.05, 3.63) is 216 Å². The van der Waals surface area contributed by atoms with Gasteiger partial charge in [-0.2, -0.15) is 0 Å². The van der Waals surface area contributed by atoms with E-state index in [9.17, 15) is 0 Å². The fourth-order valence-corrected chi connectivity index (χ4v) is 8.45. The van der Waals surface area contributed by atoms with E-state index in [1.165, 1.54) is 16.8 Å². The Bertz CT molecular complexity index is 2420. The van der Waals surface area contributed by atoms with Crippen molar-refractivity contribution in [1.29, 1.82) is 0 Å². The molecule has 52 heavy (non-hydrogen) atoms. The summed E-state index contributed by atoms with van der Waals surface area (Å²) in [6.07, 6.45) is 10.5. The van der Waals surface area contributed by atoms with Crippen molar-refractivity contribution in [2.24, 2.45) is 0 Å². The SMILES string of the molecule is C1=CCCC(N(c2ccccc2)c2ccc3c(c2)Oc2cc(N(c4ccccc4)c4ccccc4)ccc2C32c3ccccc3-c3ncccc32)=C1. The van der Waals surface area contributed by atoms with Crippen molar-refractivity contribution in [2.45, 2.75) is 18.3 Å². The van der Waals surface area contributed by atoms with Crippen LogP contribution in [-0.2, 0) is 5.41 Å². The molecule has 2 heterocycles. The van der Waals surface area contributed by atoms with Crippen molar-refractivity contribution in [1.82, 2.24) is 4.98 Å². The van der Waals surface area contributed by atoms with Gasteiger partial charge in [0.15, 0.2) is 0 Å². The molecule has 248 valence electrons. The topological polar surface area (TPSA) is 28.6 Å². The molecule has 0 N–H and O–H groups in total. The van der Waals surface area contributed by atoms with E-state index in [0.29, 0.717) is 0 Å². The van der Waals surface area contributed by atoms with Gasteiger partial charge >= 0.3 is 0 Å². The van der Waals surface area contributed by atoms with Gasteiger partial charge in [-0.25, -0.2) is 0 Å². The summed E-state index contributed by atoms with van der Waals surface area (Å²) < 4.78 is 7.16. The van der Waals surface area contributed by atoms with Crippen LogP contribution in [0.1, 0.15) is 35.1 Å². The number of allylic oxidation sites excluding steroid dienone is 4. The molecule has 1 aromatic heterocycles. The van der Waals surface area contributed by atoms with Crippen molar-refractivity contribution >= 4 is 28.4 Å². The molecule has 1 aliphatic heterocycles. The zero-order valence-corrected chi connectivity index (χ0v) is 28.6. The van der Waals surface area contributed by atoms with Gasteiger partial charge in [-0.1, -0.05) is 109 Å². The molecular weight excluding hydrogens is 635 g/mol. The third kappa shape index (κ3) is 4.65. The maximum Gasteiger partial charge on any atom is 0.134 e. The number of rotatable bonds is 6. The number of fused-ring (bicyclic) bond motifs is 9. The van der Waals surface area contributed by atoms with Gasteiger partial charge in [0.1, 0.15) is 11.5 Å². The second kappa shape index (κ2) is 12.3. The van der Waals surface area contributed by atoms with Gasteiger partial charge in [0.2, 0.25) is 0 Å². The van der Waals surface area contributed by atoms with Crippen LogP contribution in [0, 0.1) is 0 Å². The van der Waals surface area contributed by atoms with E-state index in [2.05, 4.69) is 192 Å². The molecule has 7 aromatic rings. The van der Waals surface area contributed by atoms with E-state index in [1.807, 2.05) is 6.20 Å². The van der Waals surface area contributed by atoms with Crippen molar-refractivity contribution in [3.8, 4) is 22.8 Å². The number of ether oxygens (including phenoxy) is 1. The van der Waals surface area contributed by atoms with E-state index in [4.69, 9.17) is 9.72 Å². The average molecular weight is 670 g/mol. The first kappa shape index (κ1) is 30.2. The molecule has 0 amide bonds. The van der Waals surface area contributed by atoms with Crippen LogP contribution < -0.4 is 14.5 Å². The van der Waals surface area contributed by atoms with Gasteiger partial charge in [-0.05, 0) is 84.6 Å². The Hall–Kier alpha value is -6.65. The second-order valence-corrected chi connectivity index (χ2v) is 13.5. The van der Waals surface area contributed by atoms with Gasteiger partial charge in [0.05, 0.1) is 11.1 Å². The lowest BCUT2D eigenvalue weighted by Crippen LogP contribution is -2.32. The summed E-state index contributed by atoms with van der Waals surface area (Å²) in [6, 6.07) is 58.3. The number of benzene rings is 6. The molecule has 4 nitrogen and oxygen atoms in total. The molecule has 0 radical (unpaired) electrons. The summed E-state index contributed by atoms with van der Waals surface area (Å²) in [4.78, 5) is 9.66. The lowest BCUT2D eigenvalue weighted by atomic mass is 9.66. The first-order chi connectivity index (χ1) is 25.8. The highest BCUT2D eigenvalue weighted by Crippen LogP contribution is 2.62. The fraction of sp³-hybridized carbons (Fsp3) is 0.0625. The molecule has 1 unspecified atom stereocenters. The minimum atomic E-state index is -0.616. The summed E-state index contributed by atoms with van der Waals surface area (Å²) in [6.45, 7) is 0. The molecule has 2 aliphatic carbocycles. The minimum Gasteiger partial charge on any atom is -0.457 e. The Morgan fingerprint density at radius 1 is 0.500 bits per heavy atom. The van der Waals surface area contributed by atoms with Gasteiger partial charge in [0, 0.05) is 69.2 Å². The molecule has 1 spiro atoms. The van der Waals surface area contributed by atoms with Crippen molar-refractivity contribution in [3.63, 3.8) is 0 Å². The Labute approximate surface area is 304 Å². The van der Waals surface area contributed by atoms with Crippen LogP contribution in [-0.4, -0.2) is 4.98 Å². The number of para-hydroxylation sites is 3. The van der Waals surface area contributed by atoms with Gasteiger partial charge in [-0.3, -0.25) is 4.98 Å². The molecule has 0 fully saturated rings. The molecule has 0 bridgehead atoms. The minimum absolute atomic E-state index is 0.616. The summed E-state index contributed by atoms with van der Waals surface area (Å²) in [5, 5.41) is 0. The highest BCUT2D eigenvalue weighted by molar-refractivity contribution is 5.88. The lowest BCUT2D eigenvalue weighted by Gasteiger charge is -2.40. The van der Waals surface area contributed by atoms with Crippen LogP contribution in [0.15, 0.2) is 194 Å². The quantitative estimate of drug-likeness (QED) is 0.176. The zero-order valence-electron chi connectivity index (χ0n) is 28.6. The number of anilines is 5. The smallest absolute Gasteiger partial charge is 0.134 e. The second-order valence-electron chi connectivity index (χ2n) is 13.5. The van der Waals surface area contributed by atoms with Gasteiger partial charge in [0.25, 0.3) is 0 Å². The van der Waals surface area contributed by atoms with Crippen LogP contribution in [0.3, 0.4) is 0 Å². The zero-order chi connectivity index (χ0) is 34.5. The fourth-order valence-electron chi connectivity index (χ4n) is 8.45. The Kier molecular flexibility index (Phi) is 7.14. The number of aromatic nitrogens is 1. The molecule has 6 aromatic carbocycles. The largest absolute Gasteiger partial charge is 0.457 e. The van der Waals surface area contributed by atoms with Crippen LogP contribution in [0.5, 0.6) is 11.5 Å². The molecule has 0 saturated heterocycles. The number of hydrogen-bond acceptors (Lipinski definition) is 4. The summed E-state index contributed by atoms with van der Waals surface area (Å²) in [5.74, 6) is 1.67. The Morgan fingerprint density at radius 3 is 1.67 bits per heavy atom. The van der Waals surface area contributed by atoms with Gasteiger partial charge in [-0.15, -0.1) is 0 Å². The van der Waals surface area contributed by atoms with Crippen LogP contribution >= 0.6 is 0 Å². The van der Waals surface area contributed by atoms with Crippen molar-refractivity contribution < 1.29 is 4.74 Å². The van der Waals surface area contributed by atoms with Gasteiger partial charge < -0.3 is 14.5 Å². The highest BCUT2D eigenvalue weighted by atomic mass is 16.5. The maximum absolute atomic E-state index is 7.16. The third-order valence-corrected chi connectivity index (χ3v) is 10.6. The van der Waals surface area contributed by atoms with Crippen LogP contribution in [0.25, 0.3) is 11.3 Å². The normalized spacial score (nSPS) is 16.2. The van der Waals surface area contributed by atoms with E-state index < -0.39 is 5.41 Å². The predicted molar refractivity (Wildman–Crippen MR) is 211 cm³/mol. The highest BCUT2D eigenvalue weighted by Gasteiger charge is 2.52. The number of hydrogen-bond donors (Lipinski definition) is 0. The monoisotopic (exact) mass is 669 g/mol. The van der Waals surface area contributed by atoms with E-state index in [1.54, 1.807) is 0 Å². The molecule has 0 saturated carbocycles. The summed E-state index contributed by atoms with van der Waals surface area (Å²) in [7, 11) is 0. The first-order valence-electron chi connectivity index (χ1n) is 17.9. The lowest BCUT2D eigenvalue weighted by molar-refractivity contribution is 0.436. The predicted octanol–water partition coefficient (Wildman–Crippen LogP) is 12.4. The third-order valence-electron chi connectivity index (χ3n) is 10.6. The first-order valence-corrected chi connectivity index (χ1v) is 17.9. The molecular formula is C48H35N3O. The van der Waals surface area contributed by atoms with Crippen molar-refractivity contribution in [2.75, 3.05) is 9.80 Å². The van der Waals surface area contributed by atoms with E-state index in [0.717, 1.165) is 75.2 Å². The molecule has 1 atom stereocenters. The molecule has 4 heteroatoms.